The minimum Gasteiger partial charge on any atom is -0.273 e. The lowest BCUT2D eigenvalue weighted by Gasteiger charge is -2.59. The van der Waals surface area contributed by atoms with Gasteiger partial charge < -0.3 is 0 Å². The molecule has 2 amide bonds. The van der Waals surface area contributed by atoms with Crippen LogP contribution in [-0.2, 0) is 4.79 Å². The second kappa shape index (κ2) is 5.33. The zero-order valence-corrected chi connectivity index (χ0v) is 14.6. The number of hydrazine groups is 1. The summed E-state index contributed by atoms with van der Waals surface area (Å²) in [5, 5.41) is 0. The monoisotopic (exact) mass is 376 g/mol. The van der Waals surface area contributed by atoms with Crippen LogP contribution in [0.25, 0.3) is 0 Å². The normalized spacial score (nSPS) is 37.4. The first kappa shape index (κ1) is 15.2. The SMILES string of the molecule is O=C(NNC(=O)C12CC3CC(CC(Br)(C3)C1)C2)c1ccccc1. The van der Waals surface area contributed by atoms with Crippen LogP contribution in [0.2, 0.25) is 0 Å². The molecule has 5 heteroatoms. The molecule has 0 aromatic heterocycles. The van der Waals surface area contributed by atoms with Crippen molar-refractivity contribution in [1.82, 2.24) is 10.9 Å². The van der Waals surface area contributed by atoms with E-state index in [9.17, 15) is 9.59 Å². The molecule has 4 aliphatic carbocycles. The standard InChI is InChI=1S/C18H21BrN2O2/c19-18-9-12-6-13(10-18)8-17(7-12,11-18)16(23)21-20-15(22)14-4-2-1-3-5-14/h1-5,12-13H,6-11H2,(H,20,22)(H,21,23). The summed E-state index contributed by atoms with van der Waals surface area (Å²) in [7, 11) is 0. The maximum atomic E-state index is 12.8. The molecule has 4 fully saturated rings. The predicted molar refractivity (Wildman–Crippen MR) is 90.8 cm³/mol. The highest BCUT2D eigenvalue weighted by atomic mass is 79.9. The first-order valence-corrected chi connectivity index (χ1v) is 9.12. The van der Waals surface area contributed by atoms with Crippen molar-refractivity contribution in [3.8, 4) is 0 Å². The number of hydrogen-bond acceptors (Lipinski definition) is 2. The van der Waals surface area contributed by atoms with E-state index >= 15 is 0 Å². The number of halogens is 1. The van der Waals surface area contributed by atoms with E-state index in [2.05, 4.69) is 26.8 Å². The Morgan fingerprint density at radius 3 is 2.26 bits per heavy atom. The Morgan fingerprint density at radius 1 is 1.00 bits per heavy atom. The van der Waals surface area contributed by atoms with Crippen LogP contribution < -0.4 is 10.9 Å². The van der Waals surface area contributed by atoms with Crippen molar-refractivity contribution in [1.29, 1.82) is 0 Å². The maximum absolute atomic E-state index is 12.8. The lowest BCUT2D eigenvalue weighted by atomic mass is 9.49. The number of carbonyl (C=O) groups is 2. The number of rotatable bonds is 2. The molecule has 1 aromatic rings. The van der Waals surface area contributed by atoms with Gasteiger partial charge in [0.2, 0.25) is 5.91 Å². The fourth-order valence-corrected chi connectivity index (χ4v) is 6.78. The fourth-order valence-electron chi connectivity index (χ4n) is 5.32. The Hall–Kier alpha value is -1.36. The molecule has 4 aliphatic rings. The summed E-state index contributed by atoms with van der Waals surface area (Å²) in [5.41, 5.74) is 5.52. The van der Waals surface area contributed by atoms with E-state index in [4.69, 9.17) is 0 Å². The molecule has 4 saturated carbocycles. The Bertz CT molecular complexity index is 632. The zero-order chi connectivity index (χ0) is 16.1. The van der Waals surface area contributed by atoms with Gasteiger partial charge in [0.15, 0.2) is 0 Å². The molecule has 0 heterocycles. The van der Waals surface area contributed by atoms with Gasteiger partial charge in [0, 0.05) is 9.89 Å². The average Bonchev–Trinajstić information content (AvgIpc) is 2.50. The first-order valence-electron chi connectivity index (χ1n) is 8.33. The van der Waals surface area contributed by atoms with Crippen LogP contribution in [0.1, 0.15) is 48.9 Å². The van der Waals surface area contributed by atoms with Gasteiger partial charge in [-0.1, -0.05) is 34.1 Å². The lowest BCUT2D eigenvalue weighted by Crippen LogP contribution is -2.60. The molecule has 0 aliphatic heterocycles. The van der Waals surface area contributed by atoms with Crippen LogP contribution >= 0.6 is 15.9 Å². The number of alkyl halides is 1. The third-order valence-electron chi connectivity index (χ3n) is 5.80. The van der Waals surface area contributed by atoms with Crippen molar-refractivity contribution in [2.45, 2.75) is 42.8 Å². The van der Waals surface area contributed by atoms with Crippen molar-refractivity contribution < 1.29 is 9.59 Å². The predicted octanol–water partition coefficient (Wildman–Crippen LogP) is 3.18. The molecular formula is C18H21BrN2O2. The molecule has 5 rings (SSSR count). The van der Waals surface area contributed by atoms with Gasteiger partial charge in [-0.3, -0.25) is 20.4 Å². The van der Waals surface area contributed by atoms with Crippen LogP contribution in [-0.4, -0.2) is 16.1 Å². The molecule has 2 atom stereocenters. The lowest BCUT2D eigenvalue weighted by molar-refractivity contribution is -0.144. The summed E-state index contributed by atoms with van der Waals surface area (Å²) in [6, 6.07) is 8.95. The van der Waals surface area contributed by atoms with Crippen molar-refractivity contribution >= 4 is 27.7 Å². The maximum Gasteiger partial charge on any atom is 0.269 e. The third-order valence-corrected chi connectivity index (χ3v) is 6.72. The topological polar surface area (TPSA) is 58.2 Å². The minimum absolute atomic E-state index is 0.0142. The van der Waals surface area contributed by atoms with Crippen molar-refractivity contribution in [2.24, 2.45) is 17.3 Å². The first-order chi connectivity index (χ1) is 11.0. The molecule has 0 saturated heterocycles. The van der Waals surface area contributed by atoms with E-state index in [1.54, 1.807) is 12.1 Å². The quantitative estimate of drug-likeness (QED) is 0.615. The van der Waals surface area contributed by atoms with E-state index in [1.807, 2.05) is 18.2 Å². The van der Waals surface area contributed by atoms with Gasteiger partial charge in [-0.05, 0) is 62.5 Å². The molecule has 4 nitrogen and oxygen atoms in total. The van der Waals surface area contributed by atoms with Gasteiger partial charge >= 0.3 is 0 Å². The van der Waals surface area contributed by atoms with Gasteiger partial charge in [0.25, 0.3) is 5.91 Å². The summed E-state index contributed by atoms with van der Waals surface area (Å²) < 4.78 is 0.137. The van der Waals surface area contributed by atoms with E-state index < -0.39 is 0 Å². The van der Waals surface area contributed by atoms with Crippen molar-refractivity contribution in [3.63, 3.8) is 0 Å². The van der Waals surface area contributed by atoms with Crippen LogP contribution in [0.3, 0.4) is 0 Å². The molecule has 122 valence electrons. The fraction of sp³-hybridized carbons (Fsp3) is 0.556. The van der Waals surface area contributed by atoms with Gasteiger partial charge in [0.05, 0.1) is 5.41 Å². The zero-order valence-electron chi connectivity index (χ0n) is 13.0. The van der Waals surface area contributed by atoms with E-state index in [1.165, 1.54) is 19.3 Å². The highest BCUT2D eigenvalue weighted by molar-refractivity contribution is 9.10. The minimum atomic E-state index is -0.308. The van der Waals surface area contributed by atoms with E-state index in [0.717, 1.165) is 19.3 Å². The van der Waals surface area contributed by atoms with Gasteiger partial charge in [-0.15, -0.1) is 0 Å². The van der Waals surface area contributed by atoms with Crippen molar-refractivity contribution in [3.05, 3.63) is 35.9 Å². The number of nitrogens with one attached hydrogen (secondary N) is 2. The summed E-state index contributed by atoms with van der Waals surface area (Å²) in [4.78, 5) is 24.9. The van der Waals surface area contributed by atoms with E-state index in [-0.39, 0.29) is 21.6 Å². The van der Waals surface area contributed by atoms with Crippen LogP contribution in [0.5, 0.6) is 0 Å². The molecule has 2 unspecified atom stereocenters. The third kappa shape index (κ3) is 2.69. The molecule has 2 N–H and O–H groups in total. The van der Waals surface area contributed by atoms with Crippen molar-refractivity contribution in [2.75, 3.05) is 0 Å². The van der Waals surface area contributed by atoms with Crippen LogP contribution in [0.15, 0.2) is 30.3 Å². The molecule has 4 bridgehead atoms. The molecule has 0 radical (unpaired) electrons. The number of hydrogen-bond donors (Lipinski definition) is 2. The average molecular weight is 377 g/mol. The summed E-state index contributed by atoms with van der Waals surface area (Å²) in [5.74, 6) is 1.01. The Morgan fingerprint density at radius 2 is 1.65 bits per heavy atom. The summed E-state index contributed by atoms with van der Waals surface area (Å²) >= 11 is 3.91. The largest absolute Gasteiger partial charge is 0.273 e. The highest BCUT2D eigenvalue weighted by Gasteiger charge is 2.59. The molecule has 1 aromatic carbocycles. The second-order valence-corrected chi connectivity index (χ2v) is 9.35. The molecule has 0 spiro atoms. The smallest absolute Gasteiger partial charge is 0.269 e. The summed E-state index contributed by atoms with van der Waals surface area (Å²) in [6.45, 7) is 0. The summed E-state index contributed by atoms with van der Waals surface area (Å²) in [6.07, 6.45) is 6.45. The van der Waals surface area contributed by atoms with Gasteiger partial charge in [-0.25, -0.2) is 0 Å². The Balaban J connectivity index is 1.44. The van der Waals surface area contributed by atoms with Gasteiger partial charge in [-0.2, -0.15) is 0 Å². The Kier molecular flexibility index (Phi) is 3.52. The highest BCUT2D eigenvalue weighted by Crippen LogP contribution is 2.64. The number of amides is 2. The van der Waals surface area contributed by atoms with Gasteiger partial charge in [0.1, 0.15) is 0 Å². The Labute approximate surface area is 144 Å². The van der Waals surface area contributed by atoms with Crippen LogP contribution in [0.4, 0.5) is 0 Å². The van der Waals surface area contributed by atoms with Crippen LogP contribution in [0, 0.1) is 17.3 Å². The number of benzene rings is 1. The van der Waals surface area contributed by atoms with E-state index in [0.29, 0.717) is 17.4 Å². The second-order valence-electron chi connectivity index (χ2n) is 7.67. The number of carbonyl (C=O) groups excluding carboxylic acids is 2. The molecule has 23 heavy (non-hydrogen) atoms. The molecular weight excluding hydrogens is 356 g/mol.